The van der Waals surface area contributed by atoms with Crippen molar-refractivity contribution in [2.45, 2.75) is 12.5 Å². The Balaban J connectivity index is 1.41. The smallest absolute Gasteiger partial charge is 0.273 e. The van der Waals surface area contributed by atoms with Gasteiger partial charge in [0.15, 0.2) is 0 Å². The Morgan fingerprint density at radius 2 is 2.04 bits per heavy atom. The summed E-state index contributed by atoms with van der Waals surface area (Å²) in [6, 6.07) is 9.92. The zero-order valence-electron chi connectivity index (χ0n) is 12.9. The number of rotatable bonds is 4. The second-order valence-electron chi connectivity index (χ2n) is 5.67. The molecule has 1 fully saturated rings. The first-order valence-electron chi connectivity index (χ1n) is 7.77. The highest BCUT2D eigenvalue weighted by atomic mass is 32.1. The van der Waals surface area contributed by atoms with Crippen LogP contribution >= 0.6 is 22.7 Å². The van der Waals surface area contributed by atoms with Crippen LogP contribution in [-0.4, -0.2) is 35.0 Å². The molecule has 122 valence electrons. The Bertz CT molecular complexity index is 798. The van der Waals surface area contributed by atoms with Gasteiger partial charge in [0.25, 0.3) is 11.1 Å². The minimum Gasteiger partial charge on any atom is -0.465 e. The number of nitrogens with zero attached hydrogens (tertiary/aromatic N) is 2. The van der Waals surface area contributed by atoms with Crippen LogP contribution in [0.2, 0.25) is 0 Å². The van der Waals surface area contributed by atoms with E-state index in [1.54, 1.807) is 17.5 Å². The number of thiazole rings is 1. The van der Waals surface area contributed by atoms with Gasteiger partial charge in [-0.15, -0.1) is 0 Å². The number of amides is 1. The van der Waals surface area contributed by atoms with Crippen LogP contribution in [0, 0.1) is 0 Å². The molecule has 1 amide bonds. The zero-order valence-corrected chi connectivity index (χ0v) is 14.6. The third-order valence-electron chi connectivity index (χ3n) is 4.10. The fourth-order valence-corrected chi connectivity index (χ4v) is 4.05. The van der Waals surface area contributed by atoms with Crippen molar-refractivity contribution in [1.82, 2.24) is 9.88 Å². The molecule has 1 saturated heterocycles. The largest absolute Gasteiger partial charge is 0.465 e. The van der Waals surface area contributed by atoms with E-state index in [0.717, 1.165) is 24.1 Å². The Labute approximate surface area is 148 Å². The standard InChI is InChI=1S/C18H16N2O2S2/c21-17(14-3-1-13(2-4-14)15-6-9-23-12-15)20-8-5-16(11-20)22-18-19-7-10-24-18/h1-4,6-7,9-10,12,16H,5,8,11H2. The predicted octanol–water partition coefficient (Wildman–Crippen LogP) is 4.17. The van der Waals surface area contributed by atoms with Crippen molar-refractivity contribution in [1.29, 1.82) is 0 Å². The molecule has 0 aliphatic carbocycles. The molecular weight excluding hydrogens is 340 g/mol. The molecule has 4 rings (SSSR count). The van der Waals surface area contributed by atoms with E-state index in [1.807, 2.05) is 34.5 Å². The van der Waals surface area contributed by atoms with Crippen LogP contribution < -0.4 is 4.74 Å². The van der Waals surface area contributed by atoms with Crippen molar-refractivity contribution < 1.29 is 9.53 Å². The molecule has 1 aromatic carbocycles. The number of carbonyl (C=O) groups excluding carboxylic acids is 1. The number of benzene rings is 1. The molecule has 4 nitrogen and oxygen atoms in total. The molecule has 3 aromatic rings. The Hall–Kier alpha value is -2.18. The van der Waals surface area contributed by atoms with Crippen molar-refractivity contribution >= 4 is 28.6 Å². The SMILES string of the molecule is O=C(c1ccc(-c2ccsc2)cc1)N1CCC(Oc2nccs2)C1. The van der Waals surface area contributed by atoms with Gasteiger partial charge in [0, 0.05) is 30.1 Å². The second-order valence-corrected chi connectivity index (χ2v) is 7.30. The van der Waals surface area contributed by atoms with Crippen molar-refractivity contribution in [2.24, 2.45) is 0 Å². The lowest BCUT2D eigenvalue weighted by atomic mass is 10.1. The predicted molar refractivity (Wildman–Crippen MR) is 96.8 cm³/mol. The number of carbonyl (C=O) groups is 1. The summed E-state index contributed by atoms with van der Waals surface area (Å²) in [5, 5.41) is 6.73. The summed E-state index contributed by atoms with van der Waals surface area (Å²) in [5.41, 5.74) is 3.06. The zero-order chi connectivity index (χ0) is 16.4. The molecule has 1 aliphatic heterocycles. The summed E-state index contributed by atoms with van der Waals surface area (Å²) < 4.78 is 5.81. The van der Waals surface area contributed by atoms with Crippen LogP contribution in [0.5, 0.6) is 5.19 Å². The third kappa shape index (κ3) is 3.20. The highest BCUT2D eigenvalue weighted by Crippen LogP contribution is 2.24. The molecule has 3 heterocycles. The second kappa shape index (κ2) is 6.75. The quantitative estimate of drug-likeness (QED) is 0.705. The minimum absolute atomic E-state index is 0.0326. The summed E-state index contributed by atoms with van der Waals surface area (Å²) in [5.74, 6) is 0.0668. The van der Waals surface area contributed by atoms with E-state index < -0.39 is 0 Å². The van der Waals surface area contributed by atoms with E-state index in [2.05, 4.69) is 21.8 Å². The minimum atomic E-state index is 0.0326. The maximum Gasteiger partial charge on any atom is 0.273 e. The third-order valence-corrected chi connectivity index (χ3v) is 5.44. The highest BCUT2D eigenvalue weighted by Gasteiger charge is 2.28. The van der Waals surface area contributed by atoms with Crippen LogP contribution in [0.1, 0.15) is 16.8 Å². The molecule has 0 radical (unpaired) electrons. The van der Waals surface area contributed by atoms with Crippen LogP contribution in [0.3, 0.4) is 0 Å². The first-order chi connectivity index (χ1) is 11.8. The highest BCUT2D eigenvalue weighted by molar-refractivity contribution is 7.11. The average Bonchev–Trinajstić information content (AvgIpc) is 3.37. The molecule has 1 atom stereocenters. The van der Waals surface area contributed by atoms with Gasteiger partial charge in [-0.05, 0) is 40.1 Å². The molecule has 6 heteroatoms. The number of likely N-dealkylation sites (tertiary alicyclic amines) is 1. The van der Waals surface area contributed by atoms with Crippen LogP contribution in [0.4, 0.5) is 0 Å². The van der Waals surface area contributed by atoms with Gasteiger partial charge in [-0.1, -0.05) is 23.5 Å². The summed E-state index contributed by atoms with van der Waals surface area (Å²) in [6.07, 6.45) is 2.61. The fourth-order valence-electron chi connectivity index (χ4n) is 2.84. The van der Waals surface area contributed by atoms with Gasteiger partial charge >= 0.3 is 0 Å². The van der Waals surface area contributed by atoms with Crippen molar-refractivity contribution in [3.63, 3.8) is 0 Å². The van der Waals surface area contributed by atoms with E-state index >= 15 is 0 Å². The Morgan fingerprint density at radius 1 is 1.17 bits per heavy atom. The number of thiophene rings is 1. The molecule has 0 spiro atoms. The van der Waals surface area contributed by atoms with Gasteiger partial charge in [-0.2, -0.15) is 11.3 Å². The summed E-state index contributed by atoms with van der Waals surface area (Å²) in [6.45, 7) is 1.34. The topological polar surface area (TPSA) is 42.4 Å². The Morgan fingerprint density at radius 3 is 2.75 bits per heavy atom. The van der Waals surface area contributed by atoms with Crippen LogP contribution in [0.15, 0.2) is 52.7 Å². The average molecular weight is 356 g/mol. The monoisotopic (exact) mass is 356 g/mol. The molecule has 2 aromatic heterocycles. The van der Waals surface area contributed by atoms with Gasteiger partial charge in [0.1, 0.15) is 6.10 Å². The number of aromatic nitrogens is 1. The van der Waals surface area contributed by atoms with Crippen molar-refractivity contribution in [3.05, 3.63) is 58.2 Å². The molecule has 0 N–H and O–H groups in total. The van der Waals surface area contributed by atoms with Crippen molar-refractivity contribution in [3.8, 4) is 16.3 Å². The van der Waals surface area contributed by atoms with E-state index in [4.69, 9.17) is 4.74 Å². The number of ether oxygens (including phenoxy) is 1. The maximum absolute atomic E-state index is 12.7. The summed E-state index contributed by atoms with van der Waals surface area (Å²) in [7, 11) is 0. The van der Waals surface area contributed by atoms with Gasteiger partial charge in [-0.25, -0.2) is 4.98 Å². The molecule has 1 unspecified atom stereocenters. The van der Waals surface area contributed by atoms with E-state index in [0.29, 0.717) is 11.7 Å². The summed E-state index contributed by atoms with van der Waals surface area (Å²) >= 11 is 3.15. The maximum atomic E-state index is 12.7. The molecular formula is C18H16N2O2S2. The number of hydrogen-bond acceptors (Lipinski definition) is 5. The lowest BCUT2D eigenvalue weighted by molar-refractivity contribution is 0.0772. The van der Waals surface area contributed by atoms with Crippen LogP contribution in [-0.2, 0) is 0 Å². The summed E-state index contributed by atoms with van der Waals surface area (Å²) in [4.78, 5) is 18.6. The molecule has 24 heavy (non-hydrogen) atoms. The van der Waals surface area contributed by atoms with E-state index in [9.17, 15) is 4.79 Å². The van der Waals surface area contributed by atoms with E-state index in [-0.39, 0.29) is 12.0 Å². The fraction of sp³-hybridized carbons (Fsp3) is 0.222. The Kier molecular flexibility index (Phi) is 4.32. The molecule has 1 aliphatic rings. The van der Waals surface area contributed by atoms with Crippen molar-refractivity contribution in [2.75, 3.05) is 13.1 Å². The lowest BCUT2D eigenvalue weighted by Gasteiger charge is -2.16. The lowest BCUT2D eigenvalue weighted by Crippen LogP contribution is -2.30. The van der Waals surface area contributed by atoms with Crippen LogP contribution in [0.25, 0.3) is 11.1 Å². The normalized spacial score (nSPS) is 17.2. The van der Waals surface area contributed by atoms with E-state index in [1.165, 1.54) is 16.9 Å². The number of hydrogen-bond donors (Lipinski definition) is 0. The van der Waals surface area contributed by atoms with Gasteiger partial charge in [0.2, 0.25) is 0 Å². The first-order valence-corrected chi connectivity index (χ1v) is 9.60. The molecule has 0 saturated carbocycles. The van der Waals surface area contributed by atoms with Gasteiger partial charge in [-0.3, -0.25) is 4.79 Å². The van der Waals surface area contributed by atoms with Gasteiger partial charge < -0.3 is 9.64 Å². The first kappa shape index (κ1) is 15.4. The molecule has 0 bridgehead atoms. The van der Waals surface area contributed by atoms with Gasteiger partial charge in [0.05, 0.1) is 6.54 Å².